The summed E-state index contributed by atoms with van der Waals surface area (Å²) in [6.07, 6.45) is 8.69. The molecule has 1 amide bonds. The summed E-state index contributed by atoms with van der Waals surface area (Å²) in [5, 5.41) is 0. The van der Waals surface area contributed by atoms with Gasteiger partial charge in [0.1, 0.15) is 0 Å². The summed E-state index contributed by atoms with van der Waals surface area (Å²) in [6, 6.07) is 0. The largest absolute Gasteiger partial charge is 0.435 e. The second-order valence-corrected chi connectivity index (χ2v) is 6.39. The molecule has 1 aliphatic rings. The summed E-state index contributed by atoms with van der Waals surface area (Å²) in [6.45, 7) is 7.55. The van der Waals surface area contributed by atoms with Crippen LogP contribution in [-0.4, -0.2) is 35.5 Å². The van der Waals surface area contributed by atoms with Crippen LogP contribution in [0.4, 0.5) is 4.79 Å². The van der Waals surface area contributed by atoms with Crippen molar-refractivity contribution in [3.63, 3.8) is 0 Å². The smallest absolute Gasteiger partial charge is 0.410 e. The van der Waals surface area contributed by atoms with Gasteiger partial charge < -0.3 is 9.64 Å². The Morgan fingerprint density at radius 3 is 1.95 bits per heavy atom. The number of carbonyl (C=O) groups excluding carboxylic acids is 2. The summed E-state index contributed by atoms with van der Waals surface area (Å²) in [4.78, 5) is 26.8. The van der Waals surface area contributed by atoms with Crippen LogP contribution in [0.3, 0.4) is 0 Å². The summed E-state index contributed by atoms with van der Waals surface area (Å²) < 4.78 is 5.83. The van der Waals surface area contributed by atoms with Gasteiger partial charge in [-0.1, -0.05) is 40.0 Å². The van der Waals surface area contributed by atoms with E-state index in [9.17, 15) is 9.59 Å². The Balaban J connectivity index is 2.75. The Morgan fingerprint density at radius 1 is 0.955 bits per heavy atom. The molecule has 0 N–H and O–H groups in total. The molecule has 0 heterocycles. The Morgan fingerprint density at radius 2 is 1.50 bits per heavy atom. The van der Waals surface area contributed by atoms with Crippen LogP contribution in [0, 0.1) is 0 Å². The van der Waals surface area contributed by atoms with Crippen molar-refractivity contribution in [3.8, 4) is 0 Å². The lowest BCUT2D eigenvalue weighted by molar-refractivity contribution is -0.142. The van der Waals surface area contributed by atoms with Crippen molar-refractivity contribution in [2.45, 2.75) is 90.6 Å². The highest BCUT2D eigenvalue weighted by Gasteiger charge is 2.42. The van der Waals surface area contributed by atoms with Gasteiger partial charge in [0.25, 0.3) is 0 Å². The van der Waals surface area contributed by atoms with Crippen molar-refractivity contribution in [1.82, 2.24) is 4.90 Å². The molecule has 1 aliphatic carbocycles. The van der Waals surface area contributed by atoms with Crippen LogP contribution in [0.25, 0.3) is 0 Å². The molecule has 0 aromatic carbocycles. The zero-order chi connectivity index (χ0) is 16.4. The highest BCUT2D eigenvalue weighted by molar-refractivity contribution is 5.89. The van der Waals surface area contributed by atoms with Gasteiger partial charge in [-0.2, -0.15) is 0 Å². The van der Waals surface area contributed by atoms with E-state index in [1.807, 2.05) is 6.92 Å². The number of hydrogen-bond donors (Lipinski definition) is 0. The van der Waals surface area contributed by atoms with E-state index in [-0.39, 0.29) is 11.9 Å². The van der Waals surface area contributed by atoms with Crippen LogP contribution in [0.15, 0.2) is 0 Å². The monoisotopic (exact) mass is 311 g/mol. The second-order valence-electron chi connectivity index (χ2n) is 6.39. The van der Waals surface area contributed by atoms with E-state index in [1.165, 1.54) is 0 Å². The van der Waals surface area contributed by atoms with E-state index in [0.29, 0.717) is 19.3 Å². The number of nitrogens with zero attached hydrogens (tertiary/aromatic N) is 1. The van der Waals surface area contributed by atoms with E-state index < -0.39 is 5.60 Å². The van der Waals surface area contributed by atoms with Crippen molar-refractivity contribution < 1.29 is 14.3 Å². The van der Waals surface area contributed by atoms with Gasteiger partial charge in [-0.3, -0.25) is 4.79 Å². The molecule has 1 fully saturated rings. The standard InChI is InChI=1S/C18H33NO3/c1-4-7-14-19(15-8-5-2)17(21)22-18(16(20)6-3)12-10-9-11-13-18/h4-15H2,1-3H3. The average Bonchev–Trinajstić information content (AvgIpc) is 2.54. The van der Waals surface area contributed by atoms with Gasteiger partial charge in [0, 0.05) is 19.5 Å². The van der Waals surface area contributed by atoms with Gasteiger partial charge in [-0.05, 0) is 38.5 Å². The van der Waals surface area contributed by atoms with Crippen LogP contribution in [0.2, 0.25) is 0 Å². The molecule has 0 spiro atoms. The van der Waals surface area contributed by atoms with Gasteiger partial charge in [0.15, 0.2) is 11.4 Å². The first kappa shape index (κ1) is 19.0. The lowest BCUT2D eigenvalue weighted by atomic mass is 9.80. The maximum atomic E-state index is 12.6. The number of amides is 1. The molecule has 22 heavy (non-hydrogen) atoms. The quantitative estimate of drug-likeness (QED) is 0.619. The minimum atomic E-state index is -0.846. The predicted octanol–water partition coefficient (Wildman–Crippen LogP) is 4.71. The highest BCUT2D eigenvalue weighted by atomic mass is 16.6. The maximum absolute atomic E-state index is 12.6. The molecule has 0 saturated heterocycles. The topological polar surface area (TPSA) is 46.6 Å². The Hall–Kier alpha value is -1.06. The van der Waals surface area contributed by atoms with Crippen molar-refractivity contribution in [2.24, 2.45) is 0 Å². The predicted molar refractivity (Wildman–Crippen MR) is 89.0 cm³/mol. The van der Waals surface area contributed by atoms with Gasteiger partial charge in [0.05, 0.1) is 0 Å². The van der Waals surface area contributed by atoms with E-state index in [1.54, 1.807) is 4.90 Å². The zero-order valence-corrected chi connectivity index (χ0v) is 14.7. The molecule has 0 atom stereocenters. The lowest BCUT2D eigenvalue weighted by Crippen LogP contribution is -2.48. The molecule has 1 saturated carbocycles. The third-order valence-corrected chi connectivity index (χ3v) is 4.59. The van der Waals surface area contributed by atoms with Crippen LogP contribution in [-0.2, 0) is 9.53 Å². The van der Waals surface area contributed by atoms with Crippen LogP contribution in [0.5, 0.6) is 0 Å². The minimum absolute atomic E-state index is 0.0893. The molecule has 0 bridgehead atoms. The maximum Gasteiger partial charge on any atom is 0.410 e. The molecule has 1 rings (SSSR count). The Bertz CT molecular complexity index is 340. The molecule has 4 nitrogen and oxygen atoms in total. The van der Waals surface area contributed by atoms with Crippen molar-refractivity contribution >= 4 is 11.9 Å². The van der Waals surface area contributed by atoms with Crippen LogP contribution >= 0.6 is 0 Å². The molecule has 0 aliphatic heterocycles. The van der Waals surface area contributed by atoms with Gasteiger partial charge in [-0.15, -0.1) is 0 Å². The average molecular weight is 311 g/mol. The van der Waals surface area contributed by atoms with E-state index in [4.69, 9.17) is 4.74 Å². The number of Topliss-reactive ketones (excluding diaryl/α,β-unsaturated/α-hetero) is 1. The molecule has 0 aromatic heterocycles. The molecule has 0 radical (unpaired) electrons. The van der Waals surface area contributed by atoms with Gasteiger partial charge in [0.2, 0.25) is 0 Å². The summed E-state index contributed by atoms with van der Waals surface area (Å²) in [5.41, 5.74) is -0.846. The fraction of sp³-hybridized carbons (Fsp3) is 0.889. The first-order valence-corrected chi connectivity index (χ1v) is 9.10. The summed E-state index contributed by atoms with van der Waals surface area (Å²) >= 11 is 0. The number of unbranched alkanes of at least 4 members (excludes halogenated alkanes) is 2. The van der Waals surface area contributed by atoms with Crippen molar-refractivity contribution in [1.29, 1.82) is 0 Å². The fourth-order valence-corrected chi connectivity index (χ4v) is 3.11. The molecule has 128 valence electrons. The zero-order valence-electron chi connectivity index (χ0n) is 14.7. The molecule has 4 heteroatoms. The Kier molecular flexibility index (Phi) is 8.51. The third kappa shape index (κ3) is 5.29. The first-order chi connectivity index (χ1) is 10.6. The van der Waals surface area contributed by atoms with Gasteiger partial charge in [-0.25, -0.2) is 4.79 Å². The third-order valence-electron chi connectivity index (χ3n) is 4.59. The molecule has 0 aromatic rings. The molecule has 0 unspecified atom stereocenters. The van der Waals surface area contributed by atoms with Crippen LogP contribution < -0.4 is 0 Å². The number of rotatable bonds is 9. The van der Waals surface area contributed by atoms with Crippen LogP contribution in [0.1, 0.15) is 85.0 Å². The number of ketones is 1. The molecular formula is C18H33NO3. The second kappa shape index (κ2) is 9.86. The summed E-state index contributed by atoms with van der Waals surface area (Å²) in [5.74, 6) is 0.0893. The number of carbonyl (C=O) groups is 2. The Labute approximate surface area is 135 Å². The number of hydrogen-bond acceptors (Lipinski definition) is 3. The van der Waals surface area contributed by atoms with E-state index >= 15 is 0 Å². The normalized spacial score (nSPS) is 17.0. The summed E-state index contributed by atoms with van der Waals surface area (Å²) in [7, 11) is 0. The lowest BCUT2D eigenvalue weighted by Gasteiger charge is -2.37. The van der Waals surface area contributed by atoms with Crippen molar-refractivity contribution in [2.75, 3.05) is 13.1 Å². The van der Waals surface area contributed by atoms with Crippen molar-refractivity contribution in [3.05, 3.63) is 0 Å². The highest BCUT2D eigenvalue weighted by Crippen LogP contribution is 2.34. The van der Waals surface area contributed by atoms with E-state index in [2.05, 4.69) is 13.8 Å². The number of ether oxygens (including phenoxy) is 1. The van der Waals surface area contributed by atoms with Gasteiger partial charge >= 0.3 is 6.09 Å². The fourth-order valence-electron chi connectivity index (χ4n) is 3.11. The van der Waals surface area contributed by atoms with E-state index in [0.717, 1.165) is 58.0 Å². The first-order valence-electron chi connectivity index (χ1n) is 9.10. The SMILES string of the molecule is CCCCN(CCCC)C(=O)OC1(C(=O)CC)CCCCC1. The molecular weight excluding hydrogens is 278 g/mol. The minimum Gasteiger partial charge on any atom is -0.435 e.